The lowest BCUT2D eigenvalue weighted by molar-refractivity contribution is -0.167. The summed E-state index contributed by atoms with van der Waals surface area (Å²) in [4.78, 5) is 38.1. The topological polar surface area (TPSA) is 78.9 Å². The summed E-state index contributed by atoms with van der Waals surface area (Å²) in [6, 6.07) is 0. The number of hydrogen-bond acceptors (Lipinski definition) is 6. The van der Waals surface area contributed by atoms with Crippen molar-refractivity contribution in [3.63, 3.8) is 0 Å². The van der Waals surface area contributed by atoms with Crippen molar-refractivity contribution in [1.82, 2.24) is 0 Å². The molecule has 404 valence electrons. The Hall–Kier alpha value is -3.93. The predicted molar refractivity (Wildman–Crippen MR) is 307 cm³/mol. The van der Waals surface area contributed by atoms with E-state index in [2.05, 4.69) is 130 Å². The first-order valence-electron chi connectivity index (χ1n) is 29.4. The van der Waals surface area contributed by atoms with E-state index in [1.54, 1.807) is 0 Å². The summed E-state index contributed by atoms with van der Waals surface area (Å²) in [5, 5.41) is 0. The third kappa shape index (κ3) is 56.9. The molecule has 0 aliphatic carbocycles. The molecule has 0 aliphatic heterocycles. The Morgan fingerprint density at radius 1 is 0.296 bits per heavy atom. The van der Waals surface area contributed by atoms with Crippen LogP contribution in [0.1, 0.15) is 265 Å². The van der Waals surface area contributed by atoms with Crippen LogP contribution in [-0.2, 0) is 28.6 Å². The van der Waals surface area contributed by atoms with Gasteiger partial charge in [-0.3, -0.25) is 14.4 Å². The molecule has 0 aromatic heterocycles. The average Bonchev–Trinajstić information content (AvgIpc) is 3.37. The van der Waals surface area contributed by atoms with Crippen molar-refractivity contribution >= 4 is 17.9 Å². The Morgan fingerprint density at radius 2 is 0.549 bits per heavy atom. The molecule has 0 fully saturated rings. The van der Waals surface area contributed by atoms with Gasteiger partial charge in [-0.05, 0) is 128 Å². The first-order chi connectivity index (χ1) is 35.0. The van der Waals surface area contributed by atoms with Crippen molar-refractivity contribution in [2.24, 2.45) is 0 Å². The molecule has 0 rings (SSSR count). The van der Waals surface area contributed by atoms with E-state index >= 15 is 0 Å². The Morgan fingerprint density at radius 3 is 0.873 bits per heavy atom. The molecule has 1 atom stereocenters. The minimum Gasteiger partial charge on any atom is -0.462 e. The van der Waals surface area contributed by atoms with Gasteiger partial charge in [-0.25, -0.2) is 0 Å². The fourth-order valence-electron chi connectivity index (χ4n) is 7.82. The molecule has 0 heterocycles. The molecule has 0 N–H and O–H groups in total. The zero-order valence-electron chi connectivity index (χ0n) is 46.2. The van der Waals surface area contributed by atoms with Gasteiger partial charge < -0.3 is 14.2 Å². The van der Waals surface area contributed by atoms with Gasteiger partial charge in [0.05, 0.1) is 0 Å². The predicted octanol–water partition coefficient (Wildman–Crippen LogP) is 19.9. The summed E-state index contributed by atoms with van der Waals surface area (Å²) >= 11 is 0. The van der Waals surface area contributed by atoms with Gasteiger partial charge in [0.2, 0.25) is 0 Å². The van der Waals surface area contributed by atoms with Crippen molar-refractivity contribution in [3.8, 4) is 0 Å². The van der Waals surface area contributed by atoms with Crippen LogP contribution in [0, 0.1) is 0 Å². The minimum atomic E-state index is -0.791. The van der Waals surface area contributed by atoms with Crippen LogP contribution in [-0.4, -0.2) is 37.2 Å². The molecule has 0 aromatic carbocycles. The number of esters is 3. The summed E-state index contributed by atoms with van der Waals surface area (Å²) in [6.07, 6.45) is 79.4. The maximum absolute atomic E-state index is 12.8. The van der Waals surface area contributed by atoms with E-state index in [4.69, 9.17) is 14.2 Å². The van der Waals surface area contributed by atoms with Crippen LogP contribution in [0.15, 0.2) is 109 Å². The lowest BCUT2D eigenvalue weighted by atomic mass is 10.1. The van der Waals surface area contributed by atoms with Crippen molar-refractivity contribution < 1.29 is 28.6 Å². The van der Waals surface area contributed by atoms with Gasteiger partial charge in [0.15, 0.2) is 6.10 Å². The van der Waals surface area contributed by atoms with Crippen LogP contribution in [0.4, 0.5) is 0 Å². The highest BCUT2D eigenvalue weighted by molar-refractivity contribution is 5.71. The average molecular weight is 986 g/mol. The van der Waals surface area contributed by atoms with Crippen LogP contribution < -0.4 is 0 Å². The molecule has 0 spiro atoms. The van der Waals surface area contributed by atoms with E-state index in [0.717, 1.165) is 128 Å². The van der Waals surface area contributed by atoms with E-state index < -0.39 is 6.10 Å². The molecule has 6 nitrogen and oxygen atoms in total. The lowest BCUT2D eigenvalue weighted by Crippen LogP contribution is -2.30. The third-order valence-corrected chi connectivity index (χ3v) is 12.2. The van der Waals surface area contributed by atoms with Gasteiger partial charge in [0, 0.05) is 19.3 Å². The second-order valence-electron chi connectivity index (χ2n) is 19.2. The van der Waals surface area contributed by atoms with Crippen molar-refractivity contribution in [2.75, 3.05) is 13.2 Å². The van der Waals surface area contributed by atoms with E-state index in [0.29, 0.717) is 19.3 Å². The van der Waals surface area contributed by atoms with Crippen molar-refractivity contribution in [2.45, 2.75) is 271 Å². The van der Waals surface area contributed by atoms with E-state index in [1.165, 1.54) is 96.3 Å². The van der Waals surface area contributed by atoms with E-state index in [9.17, 15) is 14.4 Å². The first kappa shape index (κ1) is 67.1. The molecule has 0 radical (unpaired) electrons. The molecule has 0 aliphatic rings. The van der Waals surface area contributed by atoms with Crippen LogP contribution in [0.5, 0.6) is 0 Å². The SMILES string of the molecule is CC/C=C\C/C=C\C/C=C\C/C=C\C/C=C\C/C=C\C/C=C\CCCCCCCCCC(=O)OCC(COC(=O)CCCCCCC/C=C\CCCCC)OC(=O)CCCCCCC/C=C\CCCCC. The molecule has 0 saturated carbocycles. The smallest absolute Gasteiger partial charge is 0.306 e. The largest absolute Gasteiger partial charge is 0.462 e. The van der Waals surface area contributed by atoms with Gasteiger partial charge in [-0.2, -0.15) is 0 Å². The summed E-state index contributed by atoms with van der Waals surface area (Å²) in [6.45, 7) is 6.45. The monoisotopic (exact) mass is 985 g/mol. The molecule has 71 heavy (non-hydrogen) atoms. The van der Waals surface area contributed by atoms with Crippen molar-refractivity contribution in [1.29, 1.82) is 0 Å². The number of hydrogen-bond donors (Lipinski definition) is 0. The number of unbranched alkanes of at least 4 members (excludes halogenated alkanes) is 23. The summed E-state index contributed by atoms with van der Waals surface area (Å²) in [5.41, 5.74) is 0. The normalized spacial score (nSPS) is 12.9. The van der Waals surface area contributed by atoms with Crippen LogP contribution in [0.25, 0.3) is 0 Å². The summed E-state index contributed by atoms with van der Waals surface area (Å²) in [5.74, 6) is -0.919. The Bertz CT molecular complexity index is 1460. The molecule has 6 heteroatoms. The third-order valence-electron chi connectivity index (χ3n) is 12.2. The van der Waals surface area contributed by atoms with Gasteiger partial charge in [-0.1, -0.05) is 226 Å². The fraction of sp³-hybridized carbons (Fsp3) is 0.677. The lowest BCUT2D eigenvalue weighted by Gasteiger charge is -2.18. The standard InChI is InChI=1S/C65H108O6/c1-4-7-10-13-16-19-22-25-26-27-28-29-30-31-32-33-34-35-36-37-38-39-40-41-44-46-49-52-55-58-64(67)70-61-62(71-65(68)59-56-53-50-47-43-24-21-18-15-12-9-6-3)60-69-63(66)57-54-51-48-45-42-23-20-17-14-11-8-5-2/h7,10,16-21,25-26,28-29,31-32,34-35,37-38,62H,4-6,8-9,11-15,22-24,27,30,33,36,39-61H2,1-3H3/b10-7-,19-16-,20-17-,21-18-,26-25-,29-28-,32-31-,35-34-,38-37-. The number of ether oxygens (including phenoxy) is 3. The zero-order valence-corrected chi connectivity index (χ0v) is 46.2. The Labute approximate surface area is 438 Å². The van der Waals surface area contributed by atoms with Gasteiger partial charge in [-0.15, -0.1) is 0 Å². The van der Waals surface area contributed by atoms with Crippen LogP contribution in [0.2, 0.25) is 0 Å². The zero-order chi connectivity index (χ0) is 51.4. The molecular formula is C65H108O6. The minimum absolute atomic E-state index is 0.0896. The summed E-state index contributed by atoms with van der Waals surface area (Å²) in [7, 11) is 0. The van der Waals surface area contributed by atoms with Gasteiger partial charge in [0.1, 0.15) is 13.2 Å². The highest BCUT2D eigenvalue weighted by Crippen LogP contribution is 2.14. The fourth-order valence-corrected chi connectivity index (χ4v) is 7.82. The van der Waals surface area contributed by atoms with Crippen LogP contribution >= 0.6 is 0 Å². The highest BCUT2D eigenvalue weighted by atomic mass is 16.6. The van der Waals surface area contributed by atoms with Crippen LogP contribution in [0.3, 0.4) is 0 Å². The number of carbonyl (C=O) groups excluding carboxylic acids is 3. The molecular weight excluding hydrogens is 877 g/mol. The quantitative estimate of drug-likeness (QED) is 0.0261. The molecule has 0 saturated heterocycles. The molecule has 0 amide bonds. The maximum Gasteiger partial charge on any atom is 0.306 e. The number of allylic oxidation sites excluding steroid dienone is 18. The second kappa shape index (κ2) is 58.6. The summed E-state index contributed by atoms with van der Waals surface area (Å²) < 4.78 is 16.8. The second-order valence-corrected chi connectivity index (χ2v) is 19.2. The molecule has 0 aromatic rings. The maximum atomic E-state index is 12.8. The number of rotatable bonds is 52. The van der Waals surface area contributed by atoms with Gasteiger partial charge >= 0.3 is 17.9 Å². The van der Waals surface area contributed by atoms with Crippen molar-refractivity contribution in [3.05, 3.63) is 109 Å². The molecule has 1 unspecified atom stereocenters. The number of carbonyl (C=O) groups is 3. The van der Waals surface area contributed by atoms with E-state index in [-0.39, 0.29) is 31.1 Å². The first-order valence-corrected chi connectivity index (χ1v) is 29.4. The van der Waals surface area contributed by atoms with Gasteiger partial charge in [0.25, 0.3) is 0 Å². The van der Waals surface area contributed by atoms with E-state index in [1.807, 2.05) is 0 Å². The Kier molecular flexibility index (Phi) is 55.4. The molecule has 0 bridgehead atoms. The Balaban J connectivity index is 4.28. The highest BCUT2D eigenvalue weighted by Gasteiger charge is 2.19.